The Morgan fingerprint density at radius 2 is 1.40 bits per heavy atom. The summed E-state index contributed by atoms with van der Waals surface area (Å²) in [6.45, 7) is 11.1. The molecule has 0 aliphatic rings. The van der Waals surface area contributed by atoms with Gasteiger partial charge in [-0.05, 0) is 59.6 Å². The van der Waals surface area contributed by atoms with Crippen LogP contribution in [0.1, 0.15) is 67.4 Å². The Balaban J connectivity index is 1.70. The van der Waals surface area contributed by atoms with Crippen molar-refractivity contribution >= 4 is 60.1 Å². The zero-order valence-electron chi connectivity index (χ0n) is 31.8. The molecule has 0 fully saturated rings. The molecule has 53 heavy (non-hydrogen) atoms. The number of aliphatic hydroxyl groups excluding tert-OH is 1. The Kier molecular flexibility index (Phi) is 18.0. The Labute approximate surface area is 315 Å². The second-order valence-corrected chi connectivity index (χ2v) is 17.6. The first kappa shape index (κ1) is 45.7. The van der Waals surface area contributed by atoms with Crippen molar-refractivity contribution < 1.29 is 56.7 Å². The molecule has 18 heteroatoms. The number of aromatic nitrogens is 1. The third-order valence-corrected chi connectivity index (χ3v) is 9.70. The van der Waals surface area contributed by atoms with E-state index in [1.165, 1.54) is 25.6 Å². The van der Waals surface area contributed by atoms with E-state index in [1.54, 1.807) is 41.5 Å². The summed E-state index contributed by atoms with van der Waals surface area (Å²) in [4.78, 5) is 64.6. The number of H-pyrrole nitrogens is 1. The minimum Gasteiger partial charge on any atom is -0.437 e. The first-order chi connectivity index (χ1) is 24.6. The van der Waals surface area contributed by atoms with Crippen molar-refractivity contribution in [2.45, 2.75) is 74.3 Å². The number of aromatic amines is 1. The van der Waals surface area contributed by atoms with Gasteiger partial charge in [0.2, 0.25) is 31.3 Å². The molecule has 0 unspecified atom stereocenters. The number of hydrogen-bond donors (Lipinski definition) is 5. The Morgan fingerprint density at radius 3 is 2.00 bits per heavy atom. The van der Waals surface area contributed by atoms with Crippen LogP contribution in [0.2, 0.25) is 0 Å². The van der Waals surface area contributed by atoms with E-state index in [0.717, 1.165) is 16.5 Å². The van der Waals surface area contributed by atoms with Gasteiger partial charge in [-0.3, -0.25) is 28.5 Å². The number of aliphatic hydroxyl groups is 1. The first-order valence-electron chi connectivity index (χ1n) is 17.1. The molecule has 1 aromatic carbocycles. The fraction of sp³-hybridized carbons (Fsp3) is 0.629. The zero-order valence-corrected chi connectivity index (χ0v) is 33.5. The van der Waals surface area contributed by atoms with Crippen LogP contribution in [-0.4, -0.2) is 97.2 Å². The lowest BCUT2D eigenvalue weighted by atomic mass is 9.87. The number of hydrogen-bond acceptors (Lipinski definition) is 13. The van der Waals surface area contributed by atoms with Crippen molar-refractivity contribution in [3.63, 3.8) is 0 Å². The lowest BCUT2D eigenvalue weighted by Crippen LogP contribution is -2.46. The topological polar surface area (TPSA) is 221 Å². The number of para-hydroxylation sites is 1. The predicted octanol–water partition coefficient (Wildman–Crippen LogP) is 3.82. The summed E-state index contributed by atoms with van der Waals surface area (Å²) >= 11 is 1.38. The van der Waals surface area contributed by atoms with Gasteiger partial charge in [0, 0.05) is 54.3 Å². The number of phosphoric acid groups is 1. The van der Waals surface area contributed by atoms with Crippen molar-refractivity contribution in [2.75, 3.05) is 51.3 Å². The highest BCUT2D eigenvalue weighted by atomic mass is 32.2. The van der Waals surface area contributed by atoms with Gasteiger partial charge in [-0.15, -0.1) is 0 Å². The number of carbonyl (C=O) groups excluding carboxylic acids is 5. The van der Waals surface area contributed by atoms with Crippen molar-refractivity contribution in [3.05, 3.63) is 36.0 Å². The standard InChI is InChI=1S/C35H55N4O12PS/c1-33(2,3)31(44)47-22-50-52(46,51-23-48-32(45)34(4,5)6)49-21-35(7,8)29(42)30(43)38-16-14-27(40)37-17-18-53-20-28(41)36-15-13-24-19-39-26-12-10-9-11-25(24)26/h9-12,19,29,39,42H,13-18,20-23H2,1-8H3,(H,36,41)(H,37,40)(H,38,43)/t29-/m0/s1. The largest absolute Gasteiger partial charge is 0.480 e. The molecule has 5 N–H and O–H groups in total. The summed E-state index contributed by atoms with van der Waals surface area (Å²) in [5.74, 6) is -1.79. The molecule has 3 amide bonds. The van der Waals surface area contributed by atoms with Crippen LogP contribution < -0.4 is 16.0 Å². The average molecular weight is 787 g/mol. The van der Waals surface area contributed by atoms with Crippen molar-refractivity contribution in [1.82, 2.24) is 20.9 Å². The maximum absolute atomic E-state index is 13.3. The summed E-state index contributed by atoms with van der Waals surface area (Å²) < 4.78 is 38.9. The summed E-state index contributed by atoms with van der Waals surface area (Å²) in [5.41, 5.74) is -0.931. The van der Waals surface area contributed by atoms with Crippen molar-refractivity contribution in [1.29, 1.82) is 0 Å². The van der Waals surface area contributed by atoms with E-state index in [4.69, 9.17) is 23.0 Å². The Bertz CT molecular complexity index is 1550. The van der Waals surface area contributed by atoms with E-state index in [2.05, 4.69) is 20.9 Å². The van der Waals surface area contributed by atoms with Crippen molar-refractivity contribution in [3.8, 4) is 0 Å². The molecule has 1 heterocycles. The fourth-order valence-electron chi connectivity index (χ4n) is 4.15. The van der Waals surface area contributed by atoms with E-state index in [9.17, 15) is 33.6 Å². The molecule has 0 saturated carbocycles. The lowest BCUT2D eigenvalue weighted by molar-refractivity contribution is -0.164. The highest BCUT2D eigenvalue weighted by molar-refractivity contribution is 7.99. The monoisotopic (exact) mass is 786 g/mol. The third-order valence-electron chi connectivity index (χ3n) is 7.45. The van der Waals surface area contributed by atoms with Crippen LogP contribution in [0.15, 0.2) is 30.5 Å². The molecular weight excluding hydrogens is 731 g/mol. The molecule has 0 aliphatic heterocycles. The van der Waals surface area contributed by atoms with Gasteiger partial charge in [0.1, 0.15) is 6.10 Å². The molecule has 0 saturated heterocycles. The van der Waals surface area contributed by atoms with E-state index in [0.29, 0.717) is 25.3 Å². The first-order valence-corrected chi connectivity index (χ1v) is 19.8. The van der Waals surface area contributed by atoms with Gasteiger partial charge in [-0.1, -0.05) is 32.0 Å². The van der Waals surface area contributed by atoms with E-state index >= 15 is 0 Å². The zero-order chi connectivity index (χ0) is 39.9. The molecule has 0 spiro atoms. The number of ether oxygens (including phenoxy) is 2. The summed E-state index contributed by atoms with van der Waals surface area (Å²) in [6.07, 6.45) is 0.910. The second kappa shape index (κ2) is 20.8. The van der Waals surface area contributed by atoms with Gasteiger partial charge in [-0.2, -0.15) is 11.8 Å². The number of phosphoric ester groups is 1. The van der Waals surface area contributed by atoms with Gasteiger partial charge in [0.05, 0.1) is 23.2 Å². The smallest absolute Gasteiger partial charge is 0.437 e. The molecule has 16 nitrogen and oxygen atoms in total. The van der Waals surface area contributed by atoms with Crippen LogP contribution in [0.25, 0.3) is 10.9 Å². The Morgan fingerprint density at radius 1 is 0.811 bits per heavy atom. The number of amides is 3. The normalized spacial score (nSPS) is 12.9. The minimum absolute atomic E-state index is 0.0637. The molecule has 2 aromatic rings. The SMILES string of the molecule is CC(C)(C)C(=O)OCOP(=O)(OCOC(=O)C(C)(C)C)OCC(C)(C)[C@@H](O)C(=O)NCCC(=O)NCCSCC(=O)NCCc1c[nH]c2ccccc12. The highest BCUT2D eigenvalue weighted by Gasteiger charge is 2.39. The van der Waals surface area contributed by atoms with Crippen LogP contribution in [-0.2, 0) is 58.0 Å². The summed E-state index contributed by atoms with van der Waals surface area (Å²) in [5, 5.41) is 20.0. The number of esters is 2. The molecule has 1 aromatic heterocycles. The fourth-order valence-corrected chi connectivity index (χ4v) is 5.91. The number of nitrogens with one attached hydrogen (secondary N) is 4. The number of fused-ring (bicyclic) bond motifs is 1. The maximum Gasteiger partial charge on any atom is 0.480 e. The number of carbonyl (C=O) groups is 5. The van der Waals surface area contributed by atoms with Gasteiger partial charge in [0.25, 0.3) is 0 Å². The summed E-state index contributed by atoms with van der Waals surface area (Å²) in [6, 6.07) is 7.98. The Hall–Kier alpha value is -3.47. The van der Waals surface area contributed by atoms with Crippen LogP contribution in [0.5, 0.6) is 0 Å². The molecule has 0 aliphatic carbocycles. The number of thioether (sulfide) groups is 1. The lowest BCUT2D eigenvalue weighted by Gasteiger charge is -2.30. The third kappa shape index (κ3) is 16.6. The number of benzene rings is 1. The number of rotatable bonds is 22. The highest BCUT2D eigenvalue weighted by Crippen LogP contribution is 2.51. The molecule has 298 valence electrons. The van der Waals surface area contributed by atoms with Crippen LogP contribution in [0, 0.1) is 16.2 Å². The minimum atomic E-state index is -4.56. The quantitative estimate of drug-likeness (QED) is 0.0497. The molecule has 1 atom stereocenters. The molecule has 0 radical (unpaired) electrons. The summed E-state index contributed by atoms with van der Waals surface area (Å²) in [7, 11) is -4.56. The van der Waals surface area contributed by atoms with Gasteiger partial charge in [-0.25, -0.2) is 13.6 Å². The molecular formula is C35H55N4O12PS. The van der Waals surface area contributed by atoms with Gasteiger partial charge < -0.3 is 35.5 Å². The van der Waals surface area contributed by atoms with E-state index in [1.807, 2.05) is 30.5 Å². The van der Waals surface area contributed by atoms with E-state index < -0.39 is 68.2 Å². The van der Waals surface area contributed by atoms with Crippen LogP contribution in [0.4, 0.5) is 0 Å². The second-order valence-electron chi connectivity index (χ2n) is 14.9. The van der Waals surface area contributed by atoms with Crippen LogP contribution in [0.3, 0.4) is 0 Å². The van der Waals surface area contributed by atoms with Crippen molar-refractivity contribution in [2.24, 2.45) is 16.2 Å². The van der Waals surface area contributed by atoms with Gasteiger partial charge >= 0.3 is 19.8 Å². The molecule has 2 rings (SSSR count). The van der Waals surface area contributed by atoms with Crippen LogP contribution >= 0.6 is 19.6 Å². The molecule has 0 bridgehead atoms. The van der Waals surface area contributed by atoms with E-state index in [-0.39, 0.29) is 30.5 Å². The van der Waals surface area contributed by atoms with Gasteiger partial charge in [0.15, 0.2) is 0 Å². The maximum atomic E-state index is 13.3. The predicted molar refractivity (Wildman–Crippen MR) is 199 cm³/mol. The average Bonchev–Trinajstić information content (AvgIpc) is 3.49.